The van der Waals surface area contributed by atoms with Gasteiger partial charge in [-0.3, -0.25) is 0 Å². The minimum Gasteiger partial charge on any atom is -0.502 e. The van der Waals surface area contributed by atoms with Crippen LogP contribution in [0.1, 0.15) is 30.3 Å². The summed E-state index contributed by atoms with van der Waals surface area (Å²) in [6, 6.07) is 6.13. The minimum atomic E-state index is -1.01. The molecule has 11 nitrogen and oxygen atoms in total. The van der Waals surface area contributed by atoms with Crippen molar-refractivity contribution in [1.29, 1.82) is 0 Å². The number of aliphatic hydroxyl groups excluding tert-OH is 2. The Balaban J connectivity index is 2.15. The molecule has 1 aliphatic heterocycles. The van der Waals surface area contributed by atoms with E-state index in [1.54, 1.807) is 12.1 Å². The van der Waals surface area contributed by atoms with Gasteiger partial charge in [-0.05, 0) is 48.4 Å². The van der Waals surface area contributed by atoms with Crippen molar-refractivity contribution in [2.45, 2.75) is 25.2 Å². The van der Waals surface area contributed by atoms with Crippen molar-refractivity contribution < 1.29 is 53.6 Å². The van der Waals surface area contributed by atoms with E-state index in [1.807, 2.05) is 0 Å². The van der Waals surface area contributed by atoms with Crippen LogP contribution in [0, 0.1) is 5.92 Å². The lowest BCUT2D eigenvalue weighted by Gasteiger charge is -2.24. The quantitative estimate of drug-likeness (QED) is 0.270. The van der Waals surface area contributed by atoms with Crippen molar-refractivity contribution in [2.24, 2.45) is 5.92 Å². The van der Waals surface area contributed by atoms with E-state index in [4.69, 9.17) is 28.4 Å². The molecule has 0 aliphatic carbocycles. The third-order valence-corrected chi connectivity index (χ3v) is 6.24. The molecule has 0 bridgehead atoms. The van der Waals surface area contributed by atoms with E-state index in [9.17, 15) is 25.2 Å². The molecule has 37 heavy (non-hydrogen) atoms. The van der Waals surface area contributed by atoms with E-state index in [-0.39, 0.29) is 46.7 Å². The summed E-state index contributed by atoms with van der Waals surface area (Å²) in [5.74, 6) is -1.42. The van der Waals surface area contributed by atoms with Crippen LogP contribution in [0.15, 0.2) is 35.9 Å². The summed E-state index contributed by atoms with van der Waals surface area (Å²) in [7, 11) is 5.53. The Kier molecular flexibility index (Phi) is 9.09. The largest absolute Gasteiger partial charge is 0.502 e. The van der Waals surface area contributed by atoms with Crippen LogP contribution in [-0.2, 0) is 14.3 Å². The molecule has 4 atom stereocenters. The lowest BCUT2D eigenvalue weighted by molar-refractivity contribution is -0.149. The van der Waals surface area contributed by atoms with Crippen LogP contribution in [0.3, 0.4) is 0 Å². The third kappa shape index (κ3) is 5.53. The molecule has 3 rings (SSSR count). The number of hydrogen-bond donors (Lipinski definition) is 4. The summed E-state index contributed by atoms with van der Waals surface area (Å²) in [5.41, 5.74) is 1.12. The first kappa shape index (κ1) is 27.9. The van der Waals surface area contributed by atoms with Crippen LogP contribution in [0.4, 0.5) is 0 Å². The number of methoxy groups -OCH3 is 4. The summed E-state index contributed by atoms with van der Waals surface area (Å²) in [6.45, 7) is 0.716. The molecule has 0 amide bonds. The Labute approximate surface area is 214 Å². The van der Waals surface area contributed by atoms with Gasteiger partial charge >= 0.3 is 5.97 Å². The number of rotatable bonds is 10. The monoisotopic (exact) mass is 520 g/mol. The number of hydrogen-bond acceptors (Lipinski definition) is 11. The van der Waals surface area contributed by atoms with Crippen LogP contribution >= 0.6 is 0 Å². The molecule has 4 N–H and O–H groups in total. The molecule has 2 aromatic carbocycles. The number of aromatic hydroxyl groups is 2. The van der Waals surface area contributed by atoms with Gasteiger partial charge in [-0.1, -0.05) is 0 Å². The number of aliphatic hydroxyl groups is 2. The van der Waals surface area contributed by atoms with Gasteiger partial charge in [0.1, 0.15) is 12.2 Å². The molecule has 11 heteroatoms. The Bertz CT molecular complexity index is 1090. The number of ether oxygens (including phenoxy) is 6. The van der Waals surface area contributed by atoms with Crippen molar-refractivity contribution in [3.8, 4) is 34.5 Å². The maximum atomic E-state index is 12.8. The van der Waals surface area contributed by atoms with Gasteiger partial charge in [0.25, 0.3) is 0 Å². The highest BCUT2D eigenvalue weighted by molar-refractivity contribution is 5.88. The first-order valence-corrected chi connectivity index (χ1v) is 11.4. The van der Waals surface area contributed by atoms with Crippen molar-refractivity contribution in [3.63, 3.8) is 0 Å². The molecular formula is C26H32O11. The molecule has 0 spiro atoms. The molecule has 0 radical (unpaired) electrons. The van der Waals surface area contributed by atoms with Gasteiger partial charge in [-0.2, -0.15) is 0 Å². The lowest BCUT2D eigenvalue weighted by atomic mass is 9.90. The van der Waals surface area contributed by atoms with Crippen molar-refractivity contribution in [2.75, 3.05) is 41.7 Å². The Morgan fingerprint density at radius 1 is 0.838 bits per heavy atom. The van der Waals surface area contributed by atoms with E-state index < -0.39 is 36.8 Å². The highest BCUT2D eigenvalue weighted by Crippen LogP contribution is 2.51. The van der Waals surface area contributed by atoms with E-state index in [0.717, 1.165) is 0 Å². The first-order chi connectivity index (χ1) is 17.7. The zero-order chi connectivity index (χ0) is 27.3. The molecule has 202 valence electrons. The van der Waals surface area contributed by atoms with Gasteiger partial charge in [0.2, 0.25) is 11.5 Å². The summed E-state index contributed by atoms with van der Waals surface area (Å²) in [6.07, 6.45) is -1.46. The molecule has 2 aromatic rings. The predicted molar refractivity (Wildman–Crippen MR) is 130 cm³/mol. The zero-order valence-corrected chi connectivity index (χ0v) is 21.3. The summed E-state index contributed by atoms with van der Waals surface area (Å²) < 4.78 is 33.3. The Morgan fingerprint density at radius 2 is 1.27 bits per heavy atom. The second-order valence-corrected chi connectivity index (χ2v) is 8.31. The second-order valence-electron chi connectivity index (χ2n) is 8.31. The number of esters is 1. The van der Waals surface area contributed by atoms with Crippen LogP contribution in [0.2, 0.25) is 0 Å². The third-order valence-electron chi connectivity index (χ3n) is 6.24. The number of phenolic OH excluding ortho intramolecular Hbond substituents is 2. The maximum absolute atomic E-state index is 12.8. The van der Waals surface area contributed by atoms with Gasteiger partial charge in [0.05, 0.1) is 53.7 Å². The van der Waals surface area contributed by atoms with Crippen molar-refractivity contribution in [1.82, 2.24) is 0 Å². The molecule has 1 aliphatic rings. The van der Waals surface area contributed by atoms with E-state index in [1.165, 1.54) is 53.6 Å². The lowest BCUT2D eigenvalue weighted by Crippen LogP contribution is -2.31. The highest BCUT2D eigenvalue weighted by atomic mass is 16.6. The minimum absolute atomic E-state index is 0.108. The number of carbonyl (C=O) groups excluding carboxylic acids is 1. The van der Waals surface area contributed by atoms with Gasteiger partial charge in [-0.25, -0.2) is 4.79 Å². The van der Waals surface area contributed by atoms with Crippen LogP contribution in [0.5, 0.6) is 34.5 Å². The van der Waals surface area contributed by atoms with E-state index in [0.29, 0.717) is 11.1 Å². The fraction of sp³-hybridized carbons (Fsp3) is 0.423. The average Bonchev–Trinajstić information content (AvgIpc) is 3.26. The smallest absolute Gasteiger partial charge is 0.333 e. The Hall–Kier alpha value is -3.67. The van der Waals surface area contributed by atoms with Gasteiger partial charge < -0.3 is 48.8 Å². The predicted octanol–water partition coefficient (Wildman–Crippen LogP) is 2.40. The highest BCUT2D eigenvalue weighted by Gasteiger charge is 2.49. The molecule has 1 fully saturated rings. The summed E-state index contributed by atoms with van der Waals surface area (Å²) in [5, 5.41) is 40.3. The SMILES string of the molecule is COc1cc(C2OC(c3cc(OC)c(O)c(OC)c3)C(OC(=O)C(C)=CCO)C2CO)cc(OC)c1O. The van der Waals surface area contributed by atoms with Crippen molar-refractivity contribution in [3.05, 3.63) is 47.0 Å². The second kappa shape index (κ2) is 12.0. The molecule has 1 heterocycles. The zero-order valence-electron chi connectivity index (χ0n) is 21.3. The van der Waals surface area contributed by atoms with E-state index in [2.05, 4.69) is 0 Å². The fourth-order valence-electron chi connectivity index (χ4n) is 4.27. The fourth-order valence-corrected chi connectivity index (χ4v) is 4.27. The molecular weight excluding hydrogens is 488 g/mol. The first-order valence-electron chi connectivity index (χ1n) is 11.4. The molecule has 1 saturated heterocycles. The maximum Gasteiger partial charge on any atom is 0.333 e. The van der Waals surface area contributed by atoms with Crippen LogP contribution in [-0.4, -0.2) is 74.2 Å². The molecule has 4 unspecified atom stereocenters. The molecule has 0 saturated carbocycles. The van der Waals surface area contributed by atoms with Crippen LogP contribution in [0.25, 0.3) is 0 Å². The normalized spacial score (nSPS) is 21.4. The average molecular weight is 521 g/mol. The standard InChI is InChI=1S/C26H32O11/c1-13(6-7-27)26(31)37-25-16(12-28)23(14-8-17(32-2)21(29)18(9-14)33-3)36-24(25)15-10-19(34-4)22(30)20(11-15)35-5/h6,8-11,16,23-25,27-30H,7,12H2,1-5H3. The number of phenols is 2. The summed E-state index contributed by atoms with van der Waals surface area (Å²) in [4.78, 5) is 12.8. The van der Waals surface area contributed by atoms with Gasteiger partial charge in [-0.15, -0.1) is 0 Å². The van der Waals surface area contributed by atoms with Gasteiger partial charge in [0, 0.05) is 5.57 Å². The topological polar surface area (TPSA) is 153 Å². The van der Waals surface area contributed by atoms with Gasteiger partial charge in [0.15, 0.2) is 23.0 Å². The van der Waals surface area contributed by atoms with E-state index >= 15 is 0 Å². The molecule has 0 aromatic heterocycles. The van der Waals surface area contributed by atoms with Crippen molar-refractivity contribution >= 4 is 5.97 Å². The number of benzene rings is 2. The summed E-state index contributed by atoms with van der Waals surface area (Å²) >= 11 is 0. The van der Waals surface area contributed by atoms with Crippen LogP contribution < -0.4 is 18.9 Å². The number of carbonyl (C=O) groups is 1. The Morgan fingerprint density at radius 3 is 1.65 bits per heavy atom.